The van der Waals surface area contributed by atoms with Gasteiger partial charge in [0.2, 0.25) is 0 Å². The number of carbonyl (C=O) groups is 1. The first-order chi connectivity index (χ1) is 18.1. The average Bonchev–Trinajstić information content (AvgIpc) is 3.21. The number of aryl methyl sites for hydroxylation is 1. The molecule has 0 spiro atoms. The van der Waals surface area contributed by atoms with Gasteiger partial charge in [0.05, 0.1) is 16.4 Å². The molecule has 2 aromatic carbocycles. The summed E-state index contributed by atoms with van der Waals surface area (Å²) < 4.78 is 49.0. The van der Waals surface area contributed by atoms with Crippen molar-refractivity contribution in [2.75, 3.05) is 7.05 Å². The van der Waals surface area contributed by atoms with Crippen LogP contribution >= 0.6 is 11.6 Å². The molecule has 0 atom stereocenters. The molecule has 0 fully saturated rings. The number of benzene rings is 2. The van der Waals surface area contributed by atoms with Crippen molar-refractivity contribution < 1.29 is 32.5 Å². The topological polar surface area (TPSA) is 76.8 Å². The number of carboxylic acid groups (broad SMARTS) is 1. The number of aromatic nitrogens is 2. The molecule has 1 N–H and O–H groups in total. The first-order valence-corrected chi connectivity index (χ1v) is 12.8. The maximum absolute atomic E-state index is 12.5. The lowest BCUT2D eigenvalue weighted by Gasteiger charge is -2.23. The van der Waals surface area contributed by atoms with Crippen LogP contribution in [0.4, 0.5) is 13.2 Å². The van der Waals surface area contributed by atoms with Gasteiger partial charge in [0.15, 0.2) is 5.60 Å². The molecule has 0 amide bonds. The van der Waals surface area contributed by atoms with E-state index in [4.69, 9.17) is 21.4 Å². The summed E-state index contributed by atoms with van der Waals surface area (Å²) in [6, 6.07) is 12.8. The smallest absolute Gasteiger partial charge is 0.478 e. The SMILES string of the molecule is CC(C)CCn1nc(-c2ccc(OC(F)(F)F)cc2)cc1CN(C)Cc1ccc(OC(C)(C)C(=O)O)c(Cl)c1. The number of halogens is 4. The summed E-state index contributed by atoms with van der Waals surface area (Å²) in [5, 5.41) is 14.3. The number of ether oxygens (including phenoxy) is 2. The Labute approximate surface area is 231 Å². The van der Waals surface area contributed by atoms with E-state index in [0.717, 1.165) is 17.7 Å². The number of rotatable bonds is 12. The maximum Gasteiger partial charge on any atom is 0.573 e. The number of aliphatic carboxylic acids is 1. The van der Waals surface area contributed by atoms with Crippen LogP contribution < -0.4 is 9.47 Å². The maximum atomic E-state index is 12.5. The normalized spacial score (nSPS) is 12.3. The Morgan fingerprint density at radius 2 is 1.74 bits per heavy atom. The zero-order valence-corrected chi connectivity index (χ0v) is 23.3. The Bertz CT molecular complexity index is 1270. The molecule has 3 rings (SSSR count). The molecular formula is C28H33ClF3N3O4. The highest BCUT2D eigenvalue weighted by Crippen LogP contribution is 2.30. The van der Waals surface area contributed by atoms with Crippen LogP contribution in [0.25, 0.3) is 11.3 Å². The number of carboxylic acids is 1. The Balaban J connectivity index is 1.75. The fourth-order valence-electron chi connectivity index (χ4n) is 3.81. The van der Waals surface area contributed by atoms with Crippen LogP contribution in [-0.4, -0.2) is 44.8 Å². The third-order valence-corrected chi connectivity index (χ3v) is 6.22. The highest BCUT2D eigenvalue weighted by Gasteiger charge is 2.31. The van der Waals surface area contributed by atoms with E-state index in [1.807, 2.05) is 23.9 Å². The minimum atomic E-state index is -4.75. The van der Waals surface area contributed by atoms with E-state index in [0.29, 0.717) is 47.6 Å². The standard InChI is InChI=1S/C28H33ClF3N3O4/c1-18(2)12-13-35-21(15-24(33-35)20-7-9-22(10-8-20)38-28(30,31)32)17-34(5)16-19-6-11-25(23(29)14-19)39-27(3,4)26(36)37/h6-11,14-15,18H,12-13,16-17H2,1-5H3,(H,36,37). The Morgan fingerprint density at radius 1 is 1.08 bits per heavy atom. The summed E-state index contributed by atoms with van der Waals surface area (Å²) in [7, 11) is 1.95. The quantitative estimate of drug-likeness (QED) is 0.253. The molecule has 0 saturated heterocycles. The van der Waals surface area contributed by atoms with E-state index in [-0.39, 0.29) is 5.75 Å². The van der Waals surface area contributed by atoms with Gasteiger partial charge >= 0.3 is 12.3 Å². The van der Waals surface area contributed by atoms with Crippen LogP contribution in [0, 0.1) is 5.92 Å². The van der Waals surface area contributed by atoms with E-state index in [9.17, 15) is 23.1 Å². The van der Waals surface area contributed by atoms with Gasteiger partial charge in [-0.05, 0) is 81.3 Å². The van der Waals surface area contributed by atoms with Crippen molar-refractivity contribution in [1.82, 2.24) is 14.7 Å². The fourth-order valence-corrected chi connectivity index (χ4v) is 4.06. The van der Waals surface area contributed by atoms with Gasteiger partial charge in [-0.3, -0.25) is 9.58 Å². The molecule has 0 bridgehead atoms. The number of nitrogens with zero attached hydrogens (tertiary/aromatic N) is 3. The van der Waals surface area contributed by atoms with Crippen molar-refractivity contribution in [3.8, 4) is 22.8 Å². The first-order valence-electron chi connectivity index (χ1n) is 12.5. The monoisotopic (exact) mass is 567 g/mol. The second-order valence-corrected chi connectivity index (χ2v) is 10.8. The average molecular weight is 568 g/mol. The summed E-state index contributed by atoms with van der Waals surface area (Å²) in [6.07, 6.45) is -3.83. The molecule has 39 heavy (non-hydrogen) atoms. The third-order valence-electron chi connectivity index (χ3n) is 5.93. The van der Waals surface area contributed by atoms with Gasteiger partial charge in [-0.25, -0.2) is 4.79 Å². The molecule has 212 valence electrons. The van der Waals surface area contributed by atoms with Crippen LogP contribution in [0.15, 0.2) is 48.5 Å². The summed E-state index contributed by atoms with van der Waals surface area (Å²) in [6.45, 7) is 8.98. The molecule has 1 heterocycles. The van der Waals surface area contributed by atoms with E-state index in [2.05, 4.69) is 23.5 Å². The fraction of sp³-hybridized carbons (Fsp3) is 0.429. The third kappa shape index (κ3) is 8.90. The van der Waals surface area contributed by atoms with Gasteiger partial charge < -0.3 is 14.6 Å². The Hall–Kier alpha value is -3.24. The van der Waals surface area contributed by atoms with Gasteiger partial charge in [0, 0.05) is 25.2 Å². The predicted molar refractivity (Wildman–Crippen MR) is 143 cm³/mol. The Kier molecular flexibility index (Phi) is 9.55. The lowest BCUT2D eigenvalue weighted by molar-refractivity contribution is -0.274. The highest BCUT2D eigenvalue weighted by atomic mass is 35.5. The summed E-state index contributed by atoms with van der Waals surface area (Å²) in [5.41, 5.74) is 1.80. The van der Waals surface area contributed by atoms with Crippen molar-refractivity contribution in [3.63, 3.8) is 0 Å². The van der Waals surface area contributed by atoms with Gasteiger partial charge in [-0.1, -0.05) is 31.5 Å². The van der Waals surface area contributed by atoms with E-state index in [1.54, 1.807) is 24.3 Å². The molecule has 3 aromatic rings. The van der Waals surface area contributed by atoms with Crippen molar-refractivity contribution in [2.45, 2.75) is 65.7 Å². The highest BCUT2D eigenvalue weighted by molar-refractivity contribution is 6.32. The Morgan fingerprint density at radius 3 is 2.31 bits per heavy atom. The number of hydrogen-bond acceptors (Lipinski definition) is 5. The molecular weight excluding hydrogens is 535 g/mol. The molecule has 0 aliphatic heterocycles. The zero-order chi connectivity index (χ0) is 29.0. The summed E-state index contributed by atoms with van der Waals surface area (Å²) in [4.78, 5) is 13.4. The molecule has 0 radical (unpaired) electrons. The van der Waals surface area contributed by atoms with E-state index in [1.165, 1.54) is 26.0 Å². The van der Waals surface area contributed by atoms with Gasteiger partial charge in [-0.15, -0.1) is 13.2 Å². The minimum Gasteiger partial charge on any atom is -0.478 e. The largest absolute Gasteiger partial charge is 0.573 e. The minimum absolute atomic E-state index is 0.285. The second-order valence-electron chi connectivity index (χ2n) is 10.4. The lowest BCUT2D eigenvalue weighted by Crippen LogP contribution is -2.37. The van der Waals surface area contributed by atoms with Crippen molar-refractivity contribution in [2.24, 2.45) is 5.92 Å². The zero-order valence-electron chi connectivity index (χ0n) is 22.6. The molecule has 11 heteroatoms. The van der Waals surface area contributed by atoms with Crippen LogP contribution in [0.2, 0.25) is 5.02 Å². The number of hydrogen-bond donors (Lipinski definition) is 1. The van der Waals surface area contributed by atoms with Crippen molar-refractivity contribution in [3.05, 3.63) is 64.8 Å². The summed E-state index contributed by atoms with van der Waals surface area (Å²) in [5.74, 6) is -0.622. The number of alkyl halides is 3. The van der Waals surface area contributed by atoms with Crippen LogP contribution in [0.3, 0.4) is 0 Å². The predicted octanol–water partition coefficient (Wildman–Crippen LogP) is 7.02. The summed E-state index contributed by atoms with van der Waals surface area (Å²) >= 11 is 6.38. The van der Waals surface area contributed by atoms with Gasteiger partial charge in [-0.2, -0.15) is 5.10 Å². The lowest BCUT2D eigenvalue weighted by atomic mass is 10.1. The molecule has 1 aromatic heterocycles. The van der Waals surface area contributed by atoms with Crippen LogP contribution in [0.1, 0.15) is 45.4 Å². The molecule has 0 aliphatic rings. The van der Waals surface area contributed by atoms with E-state index < -0.39 is 17.9 Å². The second kappa shape index (κ2) is 12.3. The molecule has 7 nitrogen and oxygen atoms in total. The van der Waals surface area contributed by atoms with Crippen molar-refractivity contribution >= 4 is 17.6 Å². The molecule has 0 aliphatic carbocycles. The molecule has 0 unspecified atom stereocenters. The van der Waals surface area contributed by atoms with Crippen LogP contribution in [0.5, 0.6) is 11.5 Å². The van der Waals surface area contributed by atoms with Crippen molar-refractivity contribution in [1.29, 1.82) is 0 Å². The first kappa shape index (κ1) is 30.3. The van der Waals surface area contributed by atoms with Gasteiger partial charge in [0.25, 0.3) is 0 Å². The molecule has 0 saturated carbocycles. The van der Waals surface area contributed by atoms with E-state index >= 15 is 0 Å². The van der Waals surface area contributed by atoms with Crippen LogP contribution in [-0.2, 0) is 24.4 Å². The van der Waals surface area contributed by atoms with Gasteiger partial charge in [0.1, 0.15) is 11.5 Å².